The van der Waals surface area contributed by atoms with Crippen molar-refractivity contribution in [2.75, 3.05) is 12.3 Å². The third-order valence-electron chi connectivity index (χ3n) is 3.40. The molecule has 1 aliphatic rings. The normalized spacial score (nSPS) is 15.2. The van der Waals surface area contributed by atoms with Gasteiger partial charge in [0.05, 0.1) is 5.69 Å². The Balaban J connectivity index is 1.79. The summed E-state index contributed by atoms with van der Waals surface area (Å²) >= 11 is 5.87. The highest BCUT2D eigenvalue weighted by atomic mass is 35.5. The average molecular weight is 275 g/mol. The summed E-state index contributed by atoms with van der Waals surface area (Å²) in [5.74, 6) is 0.523. The molecule has 0 spiro atoms. The third-order valence-corrected chi connectivity index (χ3v) is 3.57. The van der Waals surface area contributed by atoms with Gasteiger partial charge in [-0.15, -0.1) is 0 Å². The first-order valence-electron chi connectivity index (χ1n) is 6.29. The first-order valence-corrected chi connectivity index (χ1v) is 6.67. The number of anilines is 1. The molecule has 0 saturated heterocycles. The second-order valence-corrected chi connectivity index (χ2v) is 5.09. The Kier molecular flexibility index (Phi) is 3.36. The molecule has 2 heterocycles. The van der Waals surface area contributed by atoms with E-state index in [0.29, 0.717) is 5.82 Å². The number of halogens is 1. The number of rotatable bonds is 2. The van der Waals surface area contributed by atoms with E-state index in [9.17, 15) is 0 Å². The van der Waals surface area contributed by atoms with E-state index in [0.717, 1.165) is 37.3 Å². The highest BCUT2D eigenvalue weighted by Crippen LogP contribution is 2.23. The summed E-state index contributed by atoms with van der Waals surface area (Å²) in [7, 11) is 0. The van der Waals surface area contributed by atoms with Crippen LogP contribution in [0.5, 0.6) is 0 Å². The van der Waals surface area contributed by atoms with E-state index in [-0.39, 0.29) is 5.28 Å². The fraction of sp³-hybridized carbons (Fsp3) is 0.286. The Labute approximate surface area is 117 Å². The van der Waals surface area contributed by atoms with Crippen molar-refractivity contribution in [1.29, 1.82) is 0 Å². The summed E-state index contributed by atoms with van der Waals surface area (Å²) in [5, 5.41) is 0.234. The molecule has 3 rings (SSSR count). The third kappa shape index (κ3) is 2.69. The minimum absolute atomic E-state index is 0.234. The van der Waals surface area contributed by atoms with E-state index >= 15 is 0 Å². The molecule has 0 amide bonds. The number of benzene rings is 1. The number of hydrogen-bond donors (Lipinski definition) is 1. The summed E-state index contributed by atoms with van der Waals surface area (Å²) in [5.41, 5.74) is 9.20. The maximum Gasteiger partial charge on any atom is 0.224 e. The molecule has 1 aliphatic heterocycles. The van der Waals surface area contributed by atoms with Crippen molar-refractivity contribution in [2.45, 2.75) is 19.5 Å². The van der Waals surface area contributed by atoms with Crippen LogP contribution in [0, 0.1) is 0 Å². The van der Waals surface area contributed by atoms with Crippen LogP contribution in [0.4, 0.5) is 5.82 Å². The second-order valence-electron chi connectivity index (χ2n) is 4.75. The van der Waals surface area contributed by atoms with E-state index in [1.807, 2.05) is 6.07 Å². The fourth-order valence-corrected chi connectivity index (χ4v) is 2.65. The van der Waals surface area contributed by atoms with E-state index in [2.05, 4.69) is 39.1 Å². The van der Waals surface area contributed by atoms with Gasteiger partial charge in [0.1, 0.15) is 5.82 Å². The predicted molar refractivity (Wildman–Crippen MR) is 75.7 cm³/mol. The van der Waals surface area contributed by atoms with Crippen molar-refractivity contribution in [1.82, 2.24) is 14.9 Å². The van der Waals surface area contributed by atoms with Gasteiger partial charge in [0, 0.05) is 25.2 Å². The molecule has 19 heavy (non-hydrogen) atoms. The van der Waals surface area contributed by atoms with Crippen molar-refractivity contribution < 1.29 is 0 Å². The minimum atomic E-state index is 0.234. The van der Waals surface area contributed by atoms with Crippen LogP contribution in [0.15, 0.2) is 30.3 Å². The SMILES string of the molecule is Nc1nc(Cl)nc2c1CCN(Cc1ccccc1)C2. The molecule has 2 N–H and O–H groups in total. The zero-order valence-corrected chi connectivity index (χ0v) is 11.3. The van der Waals surface area contributed by atoms with Gasteiger partial charge < -0.3 is 5.73 Å². The number of aromatic nitrogens is 2. The van der Waals surface area contributed by atoms with Crippen molar-refractivity contribution in [2.24, 2.45) is 0 Å². The van der Waals surface area contributed by atoms with Crippen LogP contribution in [-0.4, -0.2) is 21.4 Å². The largest absolute Gasteiger partial charge is 0.383 e. The number of nitrogens with two attached hydrogens (primary N) is 1. The Morgan fingerprint density at radius 2 is 2.00 bits per heavy atom. The maximum atomic E-state index is 5.89. The average Bonchev–Trinajstić information content (AvgIpc) is 2.39. The molecule has 1 aromatic carbocycles. The van der Waals surface area contributed by atoms with Crippen LogP contribution in [-0.2, 0) is 19.5 Å². The number of fused-ring (bicyclic) bond motifs is 1. The van der Waals surface area contributed by atoms with Crippen molar-refractivity contribution in [3.63, 3.8) is 0 Å². The van der Waals surface area contributed by atoms with Crippen LogP contribution in [0.25, 0.3) is 0 Å². The van der Waals surface area contributed by atoms with Gasteiger partial charge in [-0.25, -0.2) is 9.97 Å². The molecular weight excluding hydrogens is 260 g/mol. The Morgan fingerprint density at radius 1 is 1.21 bits per heavy atom. The highest BCUT2D eigenvalue weighted by Gasteiger charge is 2.20. The summed E-state index contributed by atoms with van der Waals surface area (Å²) in [4.78, 5) is 10.7. The van der Waals surface area contributed by atoms with Crippen molar-refractivity contribution in [3.05, 3.63) is 52.4 Å². The lowest BCUT2D eigenvalue weighted by Gasteiger charge is -2.28. The Morgan fingerprint density at radius 3 is 2.79 bits per heavy atom. The lowest BCUT2D eigenvalue weighted by atomic mass is 10.0. The smallest absolute Gasteiger partial charge is 0.224 e. The summed E-state index contributed by atoms with van der Waals surface area (Å²) < 4.78 is 0. The molecule has 0 radical (unpaired) electrons. The quantitative estimate of drug-likeness (QED) is 0.854. The number of hydrogen-bond acceptors (Lipinski definition) is 4. The molecule has 0 aliphatic carbocycles. The Bertz CT molecular complexity index is 585. The van der Waals surface area contributed by atoms with Gasteiger partial charge in [-0.2, -0.15) is 0 Å². The molecule has 5 heteroatoms. The van der Waals surface area contributed by atoms with Crippen molar-refractivity contribution in [3.8, 4) is 0 Å². The van der Waals surface area contributed by atoms with Gasteiger partial charge in [-0.05, 0) is 23.6 Å². The summed E-state index contributed by atoms with van der Waals surface area (Å²) in [6.07, 6.45) is 0.880. The number of nitrogen functional groups attached to an aromatic ring is 1. The molecule has 0 unspecified atom stereocenters. The van der Waals surface area contributed by atoms with Crippen LogP contribution in [0.2, 0.25) is 5.28 Å². The molecular formula is C14H15ClN4. The first kappa shape index (κ1) is 12.4. The molecule has 0 fully saturated rings. The first-order chi connectivity index (χ1) is 9.22. The van der Waals surface area contributed by atoms with Crippen LogP contribution < -0.4 is 5.73 Å². The summed E-state index contributed by atoms with van der Waals surface area (Å²) in [6, 6.07) is 10.4. The number of nitrogens with zero attached hydrogens (tertiary/aromatic N) is 3. The summed E-state index contributed by atoms with van der Waals surface area (Å²) in [6.45, 7) is 2.66. The van der Waals surface area contributed by atoms with Crippen LogP contribution >= 0.6 is 11.6 Å². The molecule has 4 nitrogen and oxygen atoms in total. The van der Waals surface area contributed by atoms with E-state index in [1.165, 1.54) is 5.56 Å². The minimum Gasteiger partial charge on any atom is -0.383 e. The molecule has 0 bridgehead atoms. The van der Waals surface area contributed by atoms with Gasteiger partial charge >= 0.3 is 0 Å². The zero-order chi connectivity index (χ0) is 13.2. The molecule has 98 valence electrons. The van der Waals surface area contributed by atoms with Gasteiger partial charge in [-0.3, -0.25) is 4.90 Å². The second kappa shape index (κ2) is 5.15. The van der Waals surface area contributed by atoms with Gasteiger partial charge in [0.25, 0.3) is 0 Å². The monoisotopic (exact) mass is 274 g/mol. The van der Waals surface area contributed by atoms with Crippen LogP contribution in [0.3, 0.4) is 0 Å². The van der Waals surface area contributed by atoms with Crippen molar-refractivity contribution >= 4 is 17.4 Å². The van der Waals surface area contributed by atoms with Gasteiger partial charge in [0.2, 0.25) is 5.28 Å². The Hall–Kier alpha value is -1.65. The molecule has 0 atom stereocenters. The van der Waals surface area contributed by atoms with E-state index < -0.39 is 0 Å². The fourth-order valence-electron chi connectivity index (χ4n) is 2.46. The lowest BCUT2D eigenvalue weighted by Crippen LogP contribution is -2.31. The van der Waals surface area contributed by atoms with Gasteiger partial charge in [-0.1, -0.05) is 30.3 Å². The predicted octanol–water partition coefficient (Wildman–Crippen LogP) is 2.27. The molecule has 1 aromatic heterocycles. The molecule has 0 saturated carbocycles. The van der Waals surface area contributed by atoms with Crippen LogP contribution in [0.1, 0.15) is 16.8 Å². The topological polar surface area (TPSA) is 55.0 Å². The van der Waals surface area contributed by atoms with E-state index in [1.54, 1.807) is 0 Å². The highest BCUT2D eigenvalue weighted by molar-refractivity contribution is 6.28. The standard InChI is InChI=1S/C14H15ClN4/c15-14-17-12-9-19(7-6-11(12)13(16)18-14)8-10-4-2-1-3-5-10/h1-5H,6-9H2,(H2,16,17,18). The lowest BCUT2D eigenvalue weighted by molar-refractivity contribution is 0.241. The maximum absolute atomic E-state index is 5.89. The molecule has 2 aromatic rings. The van der Waals surface area contributed by atoms with E-state index in [4.69, 9.17) is 17.3 Å². The van der Waals surface area contributed by atoms with Gasteiger partial charge in [0.15, 0.2) is 0 Å². The zero-order valence-electron chi connectivity index (χ0n) is 10.5.